The van der Waals surface area contributed by atoms with E-state index in [-0.39, 0.29) is 24.3 Å². The van der Waals surface area contributed by atoms with Gasteiger partial charge in [-0.25, -0.2) is 10.9 Å². The molecule has 0 radical (unpaired) electrons. The summed E-state index contributed by atoms with van der Waals surface area (Å²) >= 11 is 0. The third-order valence-corrected chi connectivity index (χ3v) is 5.65. The van der Waals surface area contributed by atoms with Crippen LogP contribution in [0.25, 0.3) is 10.9 Å². The van der Waals surface area contributed by atoms with Gasteiger partial charge in [0.25, 0.3) is 0 Å². The molecular weight excluding hydrogens is 386 g/mol. The summed E-state index contributed by atoms with van der Waals surface area (Å²) in [5.74, 6) is -2.62. The van der Waals surface area contributed by atoms with Crippen LogP contribution in [0.2, 0.25) is 0 Å². The highest BCUT2D eigenvalue weighted by Gasteiger charge is 2.46. The average Bonchev–Trinajstić information content (AvgIpc) is 3.35. The van der Waals surface area contributed by atoms with Crippen molar-refractivity contribution in [1.29, 1.82) is 0 Å². The minimum absolute atomic E-state index is 0.0366. The van der Waals surface area contributed by atoms with E-state index >= 15 is 0 Å². The van der Waals surface area contributed by atoms with Gasteiger partial charge in [0, 0.05) is 34.4 Å². The first-order chi connectivity index (χ1) is 14.4. The Hall–Kier alpha value is -3.49. The fourth-order valence-electron chi connectivity index (χ4n) is 4.36. The second-order valence-electron chi connectivity index (χ2n) is 7.47. The number of esters is 1. The lowest BCUT2D eigenvalue weighted by molar-refractivity contribution is -0.143. The van der Waals surface area contributed by atoms with Gasteiger partial charge < -0.3 is 9.30 Å². The Labute approximate surface area is 173 Å². The van der Waals surface area contributed by atoms with Crippen LogP contribution in [0.4, 0.5) is 0 Å². The maximum Gasteiger partial charge on any atom is 0.325 e. The van der Waals surface area contributed by atoms with Crippen molar-refractivity contribution in [2.45, 2.75) is 33.2 Å². The molecule has 2 unspecified atom stereocenters. The number of rotatable bonds is 6. The first kappa shape index (κ1) is 19.8. The van der Waals surface area contributed by atoms with Gasteiger partial charge in [-0.1, -0.05) is 18.2 Å². The molecule has 0 bridgehead atoms. The number of hydrogen-bond acceptors (Lipinski definition) is 6. The lowest BCUT2D eigenvalue weighted by Gasteiger charge is -2.26. The number of hydrazone groups is 2. The number of hydrogen-bond donors (Lipinski definition) is 2. The molecule has 2 atom stereocenters. The number of carbonyl (C=O) groups is 3. The summed E-state index contributed by atoms with van der Waals surface area (Å²) in [6, 6.07) is 7.61. The van der Waals surface area contributed by atoms with Crippen LogP contribution >= 0.6 is 0 Å². The fraction of sp³-hybridized carbons (Fsp3) is 0.381. The fourth-order valence-corrected chi connectivity index (χ4v) is 4.36. The van der Waals surface area contributed by atoms with Gasteiger partial charge in [0.2, 0.25) is 11.8 Å². The van der Waals surface area contributed by atoms with Gasteiger partial charge in [0.05, 0.1) is 18.4 Å². The van der Waals surface area contributed by atoms with Gasteiger partial charge in [-0.3, -0.25) is 14.4 Å². The molecule has 0 spiro atoms. The molecule has 2 aromatic rings. The third-order valence-electron chi connectivity index (χ3n) is 5.65. The zero-order valence-electron chi connectivity index (χ0n) is 17.0. The average molecular weight is 409 g/mol. The number of nitrogens with zero attached hydrogens (tertiary/aromatic N) is 3. The molecule has 156 valence electrons. The van der Waals surface area contributed by atoms with E-state index in [9.17, 15) is 14.4 Å². The molecule has 1 aromatic carbocycles. The molecular formula is C21H23N5O4. The van der Waals surface area contributed by atoms with E-state index in [4.69, 9.17) is 4.74 Å². The molecule has 0 aliphatic carbocycles. The Balaban J connectivity index is 1.88. The number of aromatic nitrogens is 1. The number of fused-ring (bicyclic) bond motifs is 1. The van der Waals surface area contributed by atoms with Crippen LogP contribution in [0.3, 0.4) is 0 Å². The third kappa shape index (κ3) is 3.26. The smallest absolute Gasteiger partial charge is 0.325 e. The van der Waals surface area contributed by atoms with Crippen LogP contribution in [0.15, 0.2) is 40.7 Å². The van der Waals surface area contributed by atoms with E-state index in [2.05, 4.69) is 21.1 Å². The number of ether oxygens (including phenoxy) is 1. The number of amides is 2. The lowest BCUT2D eigenvalue weighted by Crippen LogP contribution is -2.38. The second-order valence-corrected chi connectivity index (χ2v) is 7.47. The highest BCUT2D eigenvalue weighted by molar-refractivity contribution is 6.13. The quantitative estimate of drug-likeness (QED) is 0.704. The molecule has 2 amide bonds. The van der Waals surface area contributed by atoms with Crippen LogP contribution in [-0.4, -0.2) is 40.4 Å². The van der Waals surface area contributed by atoms with Crippen molar-refractivity contribution in [3.8, 4) is 0 Å². The van der Waals surface area contributed by atoms with E-state index in [0.717, 1.165) is 16.5 Å². The van der Waals surface area contributed by atoms with Gasteiger partial charge in [-0.15, -0.1) is 0 Å². The van der Waals surface area contributed by atoms with Crippen molar-refractivity contribution >= 4 is 40.1 Å². The molecule has 2 N–H and O–H groups in total. The Morgan fingerprint density at radius 2 is 1.70 bits per heavy atom. The number of benzene rings is 1. The molecule has 0 saturated heterocycles. The summed E-state index contributed by atoms with van der Waals surface area (Å²) in [5, 5.41) is 9.05. The zero-order chi connectivity index (χ0) is 21.4. The highest BCUT2D eigenvalue weighted by Crippen LogP contribution is 2.41. The zero-order valence-corrected chi connectivity index (χ0v) is 17.0. The van der Waals surface area contributed by atoms with Crippen LogP contribution in [-0.2, 0) is 25.7 Å². The van der Waals surface area contributed by atoms with Crippen molar-refractivity contribution in [2.24, 2.45) is 22.0 Å². The topological polar surface area (TPSA) is 114 Å². The molecule has 3 heterocycles. The molecule has 4 rings (SSSR count). The van der Waals surface area contributed by atoms with Crippen molar-refractivity contribution in [2.75, 3.05) is 6.61 Å². The molecule has 0 fully saturated rings. The predicted molar refractivity (Wildman–Crippen MR) is 111 cm³/mol. The van der Waals surface area contributed by atoms with Crippen LogP contribution in [0.1, 0.15) is 32.3 Å². The minimum Gasteiger partial charge on any atom is -0.465 e. The molecule has 2 aliphatic rings. The van der Waals surface area contributed by atoms with Crippen LogP contribution in [0, 0.1) is 11.8 Å². The van der Waals surface area contributed by atoms with Crippen molar-refractivity contribution in [3.63, 3.8) is 0 Å². The van der Waals surface area contributed by atoms with Crippen molar-refractivity contribution in [3.05, 3.63) is 36.0 Å². The maximum atomic E-state index is 12.7. The SMILES string of the molecule is CCOC(=O)Cn1cc(C(C2C(=O)NN=C2C)C2C(=O)NN=C2C)c2ccccc21. The first-order valence-electron chi connectivity index (χ1n) is 9.83. The standard InChI is InChI=1S/C21H23N5O4/c1-4-30-16(27)10-26-9-14(13-7-5-6-8-15(13)26)19(17-11(2)22-24-20(17)28)18-12(3)23-25-21(18)29/h5-9,17-19H,4,10H2,1-3H3,(H,24,28)(H,25,29). The van der Waals surface area contributed by atoms with E-state index in [0.29, 0.717) is 18.0 Å². The number of para-hydroxylation sites is 1. The van der Waals surface area contributed by atoms with E-state index in [1.165, 1.54) is 0 Å². The Kier molecular flexibility index (Phi) is 5.11. The summed E-state index contributed by atoms with van der Waals surface area (Å²) < 4.78 is 6.91. The Morgan fingerprint density at radius 3 is 2.23 bits per heavy atom. The monoisotopic (exact) mass is 409 g/mol. The van der Waals surface area contributed by atoms with Crippen molar-refractivity contribution < 1.29 is 19.1 Å². The highest BCUT2D eigenvalue weighted by atomic mass is 16.5. The van der Waals surface area contributed by atoms with Gasteiger partial charge >= 0.3 is 5.97 Å². The van der Waals surface area contributed by atoms with Crippen LogP contribution in [0.5, 0.6) is 0 Å². The molecule has 0 saturated carbocycles. The van der Waals surface area contributed by atoms with Gasteiger partial charge in [-0.05, 0) is 32.4 Å². The normalized spacial score (nSPS) is 21.8. The first-order valence-corrected chi connectivity index (χ1v) is 9.83. The molecule has 9 heteroatoms. The molecule has 9 nitrogen and oxygen atoms in total. The number of carbonyl (C=O) groups excluding carboxylic acids is 3. The largest absolute Gasteiger partial charge is 0.465 e. The van der Waals surface area contributed by atoms with Crippen LogP contribution < -0.4 is 10.9 Å². The minimum atomic E-state index is -0.620. The Morgan fingerprint density at radius 1 is 1.10 bits per heavy atom. The van der Waals surface area contributed by atoms with E-state index < -0.39 is 17.8 Å². The lowest BCUT2D eigenvalue weighted by atomic mass is 9.73. The maximum absolute atomic E-state index is 12.7. The van der Waals surface area contributed by atoms with Gasteiger partial charge in [-0.2, -0.15) is 10.2 Å². The molecule has 1 aromatic heterocycles. The molecule has 2 aliphatic heterocycles. The summed E-state index contributed by atoms with van der Waals surface area (Å²) in [4.78, 5) is 37.5. The summed E-state index contributed by atoms with van der Waals surface area (Å²) in [6.07, 6.45) is 1.84. The summed E-state index contributed by atoms with van der Waals surface area (Å²) in [6.45, 7) is 5.63. The second kappa shape index (κ2) is 7.74. The summed E-state index contributed by atoms with van der Waals surface area (Å²) in [7, 11) is 0. The Bertz CT molecular complexity index is 1060. The van der Waals surface area contributed by atoms with Gasteiger partial charge in [0.15, 0.2) is 0 Å². The van der Waals surface area contributed by atoms with Gasteiger partial charge in [0.1, 0.15) is 6.54 Å². The molecule has 30 heavy (non-hydrogen) atoms. The van der Waals surface area contributed by atoms with E-state index in [1.54, 1.807) is 25.3 Å². The summed E-state index contributed by atoms with van der Waals surface area (Å²) in [5.41, 5.74) is 7.89. The van der Waals surface area contributed by atoms with Crippen molar-refractivity contribution in [1.82, 2.24) is 15.4 Å². The predicted octanol–water partition coefficient (Wildman–Crippen LogP) is 1.53. The number of nitrogens with one attached hydrogen (secondary N) is 2. The van der Waals surface area contributed by atoms with E-state index in [1.807, 2.05) is 30.5 Å².